The molecule has 0 saturated heterocycles. The Morgan fingerprint density at radius 3 is 1.11 bits per heavy atom. The van der Waals surface area contributed by atoms with E-state index in [4.69, 9.17) is 10.2 Å². The van der Waals surface area contributed by atoms with E-state index in [0.29, 0.717) is 25.7 Å². The molecule has 0 amide bonds. The lowest BCUT2D eigenvalue weighted by molar-refractivity contribution is -0.102. The lowest BCUT2D eigenvalue weighted by atomic mass is 9.88. The largest absolute Gasteiger partial charge is 0.394 e. The Morgan fingerprint density at radius 2 is 0.893 bits per heavy atom. The number of unbranched alkanes of at least 4 members (excludes halogenated alkanes) is 6. The van der Waals surface area contributed by atoms with Crippen molar-refractivity contribution < 1.29 is 30.6 Å². The van der Waals surface area contributed by atoms with Crippen molar-refractivity contribution in [1.82, 2.24) is 0 Å². The molecule has 4 unspecified atom stereocenters. The number of hydrogen-bond donors (Lipinski definition) is 6. The summed E-state index contributed by atoms with van der Waals surface area (Å²) in [6, 6.07) is 0. The van der Waals surface area contributed by atoms with E-state index in [0.717, 1.165) is 51.4 Å². The molecule has 0 aromatic rings. The molecule has 6 heteroatoms. The molecule has 0 aromatic heterocycles. The second-order valence-corrected chi connectivity index (χ2v) is 7.93. The highest BCUT2D eigenvalue weighted by Crippen LogP contribution is 2.24. The highest BCUT2D eigenvalue weighted by atomic mass is 16.4. The summed E-state index contributed by atoms with van der Waals surface area (Å²) >= 11 is 0. The monoisotopic (exact) mass is 408 g/mol. The maximum Gasteiger partial charge on any atom is 0.106 e. The lowest BCUT2D eigenvalue weighted by Gasteiger charge is -2.31. The minimum atomic E-state index is -1.09. The van der Waals surface area contributed by atoms with E-state index in [1.807, 2.05) is 13.8 Å². The van der Waals surface area contributed by atoms with Crippen molar-refractivity contribution in [2.75, 3.05) is 13.2 Å². The van der Waals surface area contributed by atoms with Crippen LogP contribution in [0.25, 0.3) is 0 Å². The average molecular weight is 409 g/mol. The topological polar surface area (TPSA) is 121 Å². The van der Waals surface area contributed by atoms with Crippen molar-refractivity contribution in [3.05, 3.63) is 0 Å². The Kier molecular flexibility index (Phi) is 18.8. The van der Waals surface area contributed by atoms with Gasteiger partial charge in [-0.2, -0.15) is 0 Å². The van der Waals surface area contributed by atoms with Crippen LogP contribution in [0.5, 0.6) is 0 Å². The van der Waals surface area contributed by atoms with Crippen LogP contribution in [-0.4, -0.2) is 67.3 Å². The van der Waals surface area contributed by atoms with E-state index in [9.17, 15) is 20.4 Å². The van der Waals surface area contributed by atoms with Gasteiger partial charge in [0.15, 0.2) is 0 Å². The number of hydrogen-bond acceptors (Lipinski definition) is 6. The van der Waals surface area contributed by atoms with Gasteiger partial charge in [0.25, 0.3) is 0 Å². The fourth-order valence-corrected chi connectivity index (χ4v) is 3.21. The molecule has 6 N–H and O–H groups in total. The van der Waals surface area contributed by atoms with E-state index in [1.165, 1.54) is 0 Å². The first-order chi connectivity index (χ1) is 13.2. The Bertz CT molecular complexity index is 309. The summed E-state index contributed by atoms with van der Waals surface area (Å²) in [5.41, 5.74) is -2.19. The summed E-state index contributed by atoms with van der Waals surface area (Å²) in [5.74, 6) is 0. The molecule has 0 aliphatic rings. The first-order valence-electron chi connectivity index (χ1n) is 11.2. The van der Waals surface area contributed by atoms with Crippen LogP contribution in [0.4, 0.5) is 0 Å². The third kappa shape index (κ3) is 12.3. The molecule has 28 heavy (non-hydrogen) atoms. The van der Waals surface area contributed by atoms with Crippen LogP contribution in [-0.2, 0) is 0 Å². The fraction of sp³-hybridized carbons (Fsp3) is 1.00. The van der Waals surface area contributed by atoms with Crippen LogP contribution in [0.15, 0.2) is 0 Å². The van der Waals surface area contributed by atoms with Crippen molar-refractivity contribution >= 4 is 0 Å². The molecule has 0 radical (unpaired) electrons. The van der Waals surface area contributed by atoms with Crippen LogP contribution < -0.4 is 0 Å². The van der Waals surface area contributed by atoms with Gasteiger partial charge in [-0.1, -0.05) is 79.1 Å². The smallest absolute Gasteiger partial charge is 0.106 e. The van der Waals surface area contributed by atoms with Crippen LogP contribution >= 0.6 is 0 Å². The van der Waals surface area contributed by atoms with Crippen LogP contribution in [0.1, 0.15) is 105 Å². The summed E-state index contributed by atoms with van der Waals surface area (Å²) in [7, 11) is 0. The summed E-state index contributed by atoms with van der Waals surface area (Å²) in [6.07, 6.45) is 8.74. The normalized spacial score (nSPS) is 17.8. The fourth-order valence-electron chi connectivity index (χ4n) is 3.21. The molecule has 4 atom stereocenters. The number of aliphatic hydroxyl groups excluding tert-OH is 4. The number of rotatable bonds is 16. The average Bonchev–Trinajstić information content (AvgIpc) is 2.73. The first kappa shape index (κ1) is 30.0. The highest BCUT2D eigenvalue weighted by Gasteiger charge is 2.33. The molecule has 0 aliphatic heterocycles. The zero-order valence-corrected chi connectivity index (χ0v) is 18.7. The van der Waals surface area contributed by atoms with E-state index < -0.39 is 23.4 Å². The van der Waals surface area contributed by atoms with Gasteiger partial charge >= 0.3 is 0 Å². The molecule has 0 fully saturated rings. The molecule has 0 saturated carbocycles. The molecule has 0 bridgehead atoms. The van der Waals surface area contributed by atoms with Gasteiger partial charge in [0, 0.05) is 0 Å². The Hall–Kier alpha value is -0.240. The summed E-state index contributed by atoms with van der Waals surface area (Å²) < 4.78 is 0. The first-order valence-corrected chi connectivity index (χ1v) is 11.2. The van der Waals surface area contributed by atoms with Gasteiger partial charge in [-0.15, -0.1) is 0 Å². The summed E-state index contributed by atoms with van der Waals surface area (Å²) in [4.78, 5) is 0. The molecule has 0 rings (SSSR count). The Morgan fingerprint density at radius 1 is 0.571 bits per heavy atom. The van der Waals surface area contributed by atoms with E-state index in [2.05, 4.69) is 13.8 Å². The van der Waals surface area contributed by atoms with Crippen LogP contribution in [0, 0.1) is 0 Å². The summed E-state index contributed by atoms with van der Waals surface area (Å²) in [6.45, 7) is 7.21. The minimum absolute atomic E-state index is 0.363. The molecule has 0 heterocycles. The number of aliphatic hydroxyl groups is 6. The third-order valence-electron chi connectivity index (χ3n) is 5.74. The quantitative estimate of drug-likeness (QED) is 0.218. The molecule has 172 valence electrons. The van der Waals surface area contributed by atoms with E-state index in [-0.39, 0.29) is 13.2 Å². The van der Waals surface area contributed by atoms with Gasteiger partial charge in [0.2, 0.25) is 0 Å². The molecule has 0 aromatic carbocycles. The van der Waals surface area contributed by atoms with Gasteiger partial charge in [0.1, 0.15) is 12.2 Å². The van der Waals surface area contributed by atoms with Crippen molar-refractivity contribution in [2.45, 2.75) is 128 Å². The second kappa shape index (κ2) is 17.6. The van der Waals surface area contributed by atoms with Gasteiger partial charge in [-0.3, -0.25) is 0 Å². The predicted molar refractivity (Wildman–Crippen MR) is 114 cm³/mol. The second-order valence-electron chi connectivity index (χ2n) is 7.93. The Labute approximate surface area is 172 Å². The third-order valence-corrected chi connectivity index (χ3v) is 5.74. The standard InChI is InChI=1S/2C11H24O3/c2*1-3-5-6-7-8-11(14,4-2)10(13)9-12/h2*10,12-14H,3-9H2,1-2H3. The zero-order chi connectivity index (χ0) is 22.1. The maximum absolute atomic E-state index is 9.98. The minimum Gasteiger partial charge on any atom is -0.394 e. The molecule has 6 nitrogen and oxygen atoms in total. The van der Waals surface area contributed by atoms with Crippen LogP contribution in [0.2, 0.25) is 0 Å². The van der Waals surface area contributed by atoms with Gasteiger partial charge in [-0.25, -0.2) is 0 Å². The van der Waals surface area contributed by atoms with Crippen molar-refractivity contribution in [2.24, 2.45) is 0 Å². The summed E-state index contributed by atoms with van der Waals surface area (Å²) in [5, 5.41) is 56.4. The molecular formula is C22H48O6. The van der Waals surface area contributed by atoms with Crippen molar-refractivity contribution in [3.63, 3.8) is 0 Å². The molecular weight excluding hydrogens is 360 g/mol. The Balaban J connectivity index is 0. The molecule has 0 aliphatic carbocycles. The predicted octanol–water partition coefficient (Wildman–Crippen LogP) is 2.90. The SMILES string of the molecule is CCCCCCC(O)(CC)C(O)CO.CCCCCCC(O)(CC)C(O)CO. The van der Waals surface area contributed by atoms with Gasteiger partial charge in [-0.05, 0) is 25.7 Å². The van der Waals surface area contributed by atoms with Gasteiger partial charge < -0.3 is 30.6 Å². The highest BCUT2D eigenvalue weighted by molar-refractivity contribution is 4.85. The van der Waals surface area contributed by atoms with Crippen molar-refractivity contribution in [1.29, 1.82) is 0 Å². The van der Waals surface area contributed by atoms with Crippen LogP contribution in [0.3, 0.4) is 0 Å². The van der Waals surface area contributed by atoms with E-state index >= 15 is 0 Å². The van der Waals surface area contributed by atoms with E-state index in [1.54, 1.807) is 0 Å². The maximum atomic E-state index is 9.98. The molecule has 0 spiro atoms. The van der Waals surface area contributed by atoms with Crippen molar-refractivity contribution in [3.8, 4) is 0 Å². The zero-order valence-electron chi connectivity index (χ0n) is 18.7. The van der Waals surface area contributed by atoms with Gasteiger partial charge in [0.05, 0.1) is 24.4 Å². The lowest BCUT2D eigenvalue weighted by Crippen LogP contribution is -2.43.